The summed E-state index contributed by atoms with van der Waals surface area (Å²) >= 11 is 0. The molecule has 0 aliphatic carbocycles. The number of unbranched alkanes of at least 4 members (excludes halogenated alkanes) is 14. The zero-order valence-electron chi connectivity index (χ0n) is 30.6. The van der Waals surface area contributed by atoms with Crippen molar-refractivity contribution >= 4 is 19.8 Å². The third-order valence-corrected chi connectivity index (χ3v) is 8.67. The number of carbonyl (C=O) groups excluding carboxylic acids is 2. The first-order valence-corrected chi connectivity index (χ1v) is 20.4. The van der Waals surface area contributed by atoms with Crippen LogP contribution in [0, 0.1) is 0 Å². The Morgan fingerprint density at radius 2 is 1.00 bits per heavy atom. The largest absolute Gasteiger partial charge is 0.472 e. The van der Waals surface area contributed by atoms with Crippen molar-refractivity contribution in [3.8, 4) is 0 Å². The molecule has 0 saturated carbocycles. The van der Waals surface area contributed by atoms with E-state index in [1.807, 2.05) is 0 Å². The Labute approximate surface area is 293 Å². The Bertz CT molecular complexity index is 927. The van der Waals surface area contributed by atoms with Gasteiger partial charge >= 0.3 is 19.8 Å². The Kier molecular flexibility index (Phi) is 33.4. The lowest BCUT2D eigenvalue weighted by atomic mass is 10.1. The van der Waals surface area contributed by atoms with E-state index < -0.39 is 26.5 Å². The average Bonchev–Trinajstić information content (AvgIpc) is 3.06. The zero-order valence-corrected chi connectivity index (χ0v) is 31.5. The number of hydrogen-bond acceptors (Lipinski definition) is 7. The number of allylic oxidation sites excluding steroid dienone is 8. The van der Waals surface area contributed by atoms with Gasteiger partial charge in [-0.05, 0) is 71.1 Å². The minimum Gasteiger partial charge on any atom is -0.462 e. The fourth-order valence-corrected chi connectivity index (χ4v) is 5.53. The van der Waals surface area contributed by atoms with Crippen molar-refractivity contribution in [2.24, 2.45) is 0 Å². The van der Waals surface area contributed by atoms with E-state index in [4.69, 9.17) is 18.5 Å². The van der Waals surface area contributed by atoms with E-state index in [0.29, 0.717) is 6.42 Å². The first-order valence-electron chi connectivity index (χ1n) is 18.9. The monoisotopic (exact) mass is 696 g/mol. The van der Waals surface area contributed by atoms with Gasteiger partial charge in [-0.15, -0.1) is 0 Å². The molecule has 278 valence electrons. The van der Waals surface area contributed by atoms with Crippen molar-refractivity contribution in [2.45, 2.75) is 168 Å². The summed E-state index contributed by atoms with van der Waals surface area (Å²) in [5.74, 6) is -0.835. The van der Waals surface area contributed by atoms with Crippen molar-refractivity contribution < 1.29 is 37.6 Å². The van der Waals surface area contributed by atoms with Crippen LogP contribution in [-0.4, -0.2) is 42.8 Å². The van der Waals surface area contributed by atoms with E-state index >= 15 is 0 Å². The van der Waals surface area contributed by atoms with Gasteiger partial charge in [-0.3, -0.25) is 18.6 Å². The van der Waals surface area contributed by atoms with Gasteiger partial charge in [0.2, 0.25) is 0 Å². The highest BCUT2D eigenvalue weighted by Gasteiger charge is 2.25. The molecule has 0 rings (SSSR count). The molecule has 0 aliphatic rings. The molecule has 0 spiro atoms. The second-order valence-electron chi connectivity index (χ2n) is 12.2. The first kappa shape index (κ1) is 46.0. The number of ether oxygens (including phenoxy) is 2. The molecule has 0 heterocycles. The third kappa shape index (κ3) is 33.9. The van der Waals surface area contributed by atoms with E-state index in [9.17, 15) is 19.0 Å². The van der Waals surface area contributed by atoms with Crippen LogP contribution in [0.25, 0.3) is 0 Å². The highest BCUT2D eigenvalue weighted by Crippen LogP contribution is 2.43. The van der Waals surface area contributed by atoms with Gasteiger partial charge in [0.1, 0.15) is 6.61 Å². The standard InChI is InChI=1S/C39H69O8P/c1-4-7-9-11-13-15-17-19-21-23-25-27-29-31-33-38(40)44-35-37(36-46-48(42,43)45-6-3)47-39(41)34-32-30-28-26-24-22-20-18-16-14-12-10-8-5-2/h11-14,17-20,37H,4-10,15-16,21-36H2,1-3H3,(H,42,43)/b13-11-,14-12-,19-17-,20-18-. The fraction of sp³-hybridized carbons (Fsp3) is 0.744. The molecular weight excluding hydrogens is 627 g/mol. The smallest absolute Gasteiger partial charge is 0.462 e. The second-order valence-corrected chi connectivity index (χ2v) is 13.7. The SMILES string of the molecule is CCCC/C=C\C/C=C\CCCCCCCC(=O)OCC(COP(=O)(O)OCC)OC(=O)CCCCCCC/C=C\C/C=C\CCCC. The number of hydrogen-bond donors (Lipinski definition) is 1. The summed E-state index contributed by atoms with van der Waals surface area (Å²) in [6, 6.07) is 0. The van der Waals surface area contributed by atoms with Crippen LogP contribution in [0.4, 0.5) is 0 Å². The van der Waals surface area contributed by atoms with Gasteiger partial charge in [0.25, 0.3) is 0 Å². The maximum Gasteiger partial charge on any atom is 0.472 e. The highest BCUT2D eigenvalue weighted by atomic mass is 31.2. The number of rotatable bonds is 34. The zero-order chi connectivity index (χ0) is 35.4. The normalized spacial score (nSPS) is 14.0. The van der Waals surface area contributed by atoms with Crippen LogP contribution in [0.1, 0.15) is 162 Å². The van der Waals surface area contributed by atoms with Crippen LogP contribution in [0.3, 0.4) is 0 Å². The summed E-state index contributed by atoms with van der Waals surface area (Å²) in [7, 11) is -4.28. The maximum absolute atomic E-state index is 12.5. The molecule has 9 heteroatoms. The number of phosphoric acid groups is 1. The van der Waals surface area contributed by atoms with Crippen LogP contribution < -0.4 is 0 Å². The van der Waals surface area contributed by atoms with Crippen LogP contribution in [0.15, 0.2) is 48.6 Å². The summed E-state index contributed by atoms with van der Waals surface area (Å²) in [4.78, 5) is 34.6. The molecule has 0 radical (unpaired) electrons. The Morgan fingerprint density at radius 3 is 1.48 bits per heavy atom. The van der Waals surface area contributed by atoms with Gasteiger partial charge in [0, 0.05) is 12.8 Å². The van der Waals surface area contributed by atoms with Gasteiger partial charge < -0.3 is 14.4 Å². The summed E-state index contributed by atoms with van der Waals surface area (Å²) in [5.41, 5.74) is 0. The van der Waals surface area contributed by atoms with E-state index in [0.717, 1.165) is 89.9 Å². The van der Waals surface area contributed by atoms with E-state index in [2.05, 4.69) is 62.5 Å². The van der Waals surface area contributed by atoms with Crippen molar-refractivity contribution in [3.05, 3.63) is 48.6 Å². The van der Waals surface area contributed by atoms with E-state index in [1.54, 1.807) is 6.92 Å². The lowest BCUT2D eigenvalue weighted by molar-refractivity contribution is -0.161. The molecule has 0 bridgehead atoms. The van der Waals surface area contributed by atoms with Gasteiger partial charge in [0.15, 0.2) is 6.10 Å². The highest BCUT2D eigenvalue weighted by molar-refractivity contribution is 7.47. The minimum atomic E-state index is -4.28. The van der Waals surface area contributed by atoms with Crippen molar-refractivity contribution in [3.63, 3.8) is 0 Å². The van der Waals surface area contributed by atoms with Crippen LogP contribution in [0.5, 0.6) is 0 Å². The molecule has 0 fully saturated rings. The van der Waals surface area contributed by atoms with Crippen molar-refractivity contribution in [2.75, 3.05) is 19.8 Å². The summed E-state index contributed by atoms with van der Waals surface area (Å²) < 4.78 is 32.5. The number of carbonyl (C=O) groups is 2. The van der Waals surface area contributed by atoms with E-state index in [1.165, 1.54) is 32.1 Å². The molecule has 2 unspecified atom stereocenters. The molecule has 0 aromatic rings. The van der Waals surface area contributed by atoms with Gasteiger partial charge in [-0.25, -0.2) is 4.57 Å². The Balaban J connectivity index is 4.22. The molecule has 1 N–H and O–H groups in total. The lowest BCUT2D eigenvalue weighted by Gasteiger charge is -2.19. The lowest BCUT2D eigenvalue weighted by Crippen LogP contribution is -2.29. The number of esters is 2. The summed E-state index contributed by atoms with van der Waals surface area (Å²) in [5, 5.41) is 0. The Hall–Kier alpha value is -1.99. The van der Waals surface area contributed by atoms with Crippen LogP contribution in [-0.2, 0) is 32.7 Å². The summed E-state index contributed by atoms with van der Waals surface area (Å²) in [6.07, 6.45) is 38.7. The van der Waals surface area contributed by atoms with Crippen LogP contribution in [0.2, 0.25) is 0 Å². The average molecular weight is 697 g/mol. The van der Waals surface area contributed by atoms with Crippen LogP contribution >= 0.6 is 7.82 Å². The van der Waals surface area contributed by atoms with Gasteiger partial charge in [0.05, 0.1) is 13.2 Å². The second kappa shape index (κ2) is 34.9. The molecule has 8 nitrogen and oxygen atoms in total. The van der Waals surface area contributed by atoms with Gasteiger partial charge in [-0.1, -0.05) is 127 Å². The topological polar surface area (TPSA) is 108 Å². The van der Waals surface area contributed by atoms with Crippen molar-refractivity contribution in [1.29, 1.82) is 0 Å². The van der Waals surface area contributed by atoms with E-state index in [-0.39, 0.29) is 32.0 Å². The molecule has 0 saturated heterocycles. The molecule has 48 heavy (non-hydrogen) atoms. The Morgan fingerprint density at radius 1 is 0.562 bits per heavy atom. The number of phosphoric ester groups is 1. The predicted molar refractivity (Wildman–Crippen MR) is 198 cm³/mol. The quantitative estimate of drug-likeness (QED) is 0.0306. The molecule has 0 aromatic heterocycles. The molecule has 0 aliphatic heterocycles. The molecule has 0 amide bonds. The molecule has 0 aromatic carbocycles. The third-order valence-electron chi connectivity index (χ3n) is 7.61. The van der Waals surface area contributed by atoms with Crippen molar-refractivity contribution in [1.82, 2.24) is 0 Å². The maximum atomic E-state index is 12.5. The summed E-state index contributed by atoms with van der Waals surface area (Å²) in [6.45, 7) is 5.33. The molecular formula is C39H69O8P. The first-order chi connectivity index (χ1) is 23.3. The predicted octanol–water partition coefficient (Wildman–Crippen LogP) is 11.4. The molecule has 2 atom stereocenters. The minimum absolute atomic E-state index is 0.00648. The fourth-order valence-electron chi connectivity index (χ4n) is 4.78. The van der Waals surface area contributed by atoms with Gasteiger partial charge in [-0.2, -0.15) is 0 Å².